The quantitative estimate of drug-likeness (QED) is 0.654. The summed E-state index contributed by atoms with van der Waals surface area (Å²) in [5.74, 6) is 0.690. The first-order valence-electron chi connectivity index (χ1n) is 8.18. The fraction of sp³-hybridized carbons (Fsp3) is 0.200. The predicted octanol–water partition coefficient (Wildman–Crippen LogP) is 4.92. The molecule has 0 spiro atoms. The van der Waals surface area contributed by atoms with Gasteiger partial charge in [-0.25, -0.2) is 0 Å². The highest BCUT2D eigenvalue weighted by Gasteiger charge is 2.12. The summed E-state index contributed by atoms with van der Waals surface area (Å²) >= 11 is 7.38. The number of rotatable bonds is 6. The molecule has 26 heavy (non-hydrogen) atoms. The standard InChI is InChI=1S/C20H19ClN2O2S/c1-13-8-16(20(24)23-11-17-5-6-18(21)26-17)9-14(2)19(13)25-12-15-4-3-7-22-10-15/h3-10H,11-12H2,1-2H3,(H,23,24). The zero-order valence-electron chi connectivity index (χ0n) is 14.6. The molecule has 1 N–H and O–H groups in total. The van der Waals surface area contributed by atoms with E-state index >= 15 is 0 Å². The first-order chi connectivity index (χ1) is 12.5. The molecule has 3 rings (SSSR count). The minimum atomic E-state index is -0.112. The van der Waals surface area contributed by atoms with Crippen LogP contribution in [0.25, 0.3) is 0 Å². The molecule has 0 fully saturated rings. The topological polar surface area (TPSA) is 51.2 Å². The Morgan fingerprint density at radius 3 is 2.62 bits per heavy atom. The second-order valence-electron chi connectivity index (χ2n) is 5.98. The van der Waals surface area contributed by atoms with Crippen LogP contribution in [0.1, 0.15) is 31.9 Å². The lowest BCUT2D eigenvalue weighted by Crippen LogP contribution is -2.22. The molecule has 1 amide bonds. The van der Waals surface area contributed by atoms with Crippen LogP contribution in [0, 0.1) is 13.8 Å². The van der Waals surface area contributed by atoms with Crippen molar-refractivity contribution in [3.63, 3.8) is 0 Å². The zero-order valence-corrected chi connectivity index (χ0v) is 16.2. The highest BCUT2D eigenvalue weighted by atomic mass is 35.5. The van der Waals surface area contributed by atoms with Crippen LogP contribution in [0.4, 0.5) is 0 Å². The number of nitrogens with zero attached hydrogens (tertiary/aromatic N) is 1. The molecule has 0 aliphatic heterocycles. The van der Waals surface area contributed by atoms with Crippen LogP contribution in [-0.4, -0.2) is 10.9 Å². The number of carbonyl (C=O) groups is 1. The third-order valence-corrected chi connectivity index (χ3v) is 5.11. The van der Waals surface area contributed by atoms with Crippen molar-refractivity contribution in [1.82, 2.24) is 10.3 Å². The van der Waals surface area contributed by atoms with Gasteiger partial charge in [-0.1, -0.05) is 17.7 Å². The number of hydrogen-bond donors (Lipinski definition) is 1. The fourth-order valence-corrected chi connectivity index (χ4v) is 3.69. The Morgan fingerprint density at radius 1 is 1.23 bits per heavy atom. The predicted molar refractivity (Wildman–Crippen MR) is 105 cm³/mol. The van der Waals surface area contributed by atoms with E-state index < -0.39 is 0 Å². The second kappa shape index (κ2) is 8.34. The molecule has 1 aromatic carbocycles. The van der Waals surface area contributed by atoms with Crippen molar-refractivity contribution < 1.29 is 9.53 Å². The van der Waals surface area contributed by atoms with Gasteiger partial charge in [-0.15, -0.1) is 11.3 Å². The van der Waals surface area contributed by atoms with Crippen LogP contribution in [0.15, 0.2) is 48.8 Å². The first-order valence-corrected chi connectivity index (χ1v) is 9.38. The van der Waals surface area contributed by atoms with Gasteiger partial charge in [0, 0.05) is 28.4 Å². The van der Waals surface area contributed by atoms with Crippen molar-refractivity contribution in [2.24, 2.45) is 0 Å². The maximum absolute atomic E-state index is 12.4. The average molecular weight is 387 g/mol. The lowest BCUT2D eigenvalue weighted by atomic mass is 10.0. The average Bonchev–Trinajstić information content (AvgIpc) is 3.05. The van der Waals surface area contributed by atoms with E-state index in [1.165, 1.54) is 11.3 Å². The number of ether oxygens (including phenoxy) is 1. The Hall–Kier alpha value is -2.37. The van der Waals surface area contributed by atoms with E-state index in [1.54, 1.807) is 12.4 Å². The largest absolute Gasteiger partial charge is 0.488 e. The van der Waals surface area contributed by atoms with Crippen molar-refractivity contribution in [1.29, 1.82) is 0 Å². The lowest BCUT2D eigenvalue weighted by molar-refractivity contribution is 0.0951. The Bertz CT molecular complexity index is 886. The molecule has 4 nitrogen and oxygen atoms in total. The van der Waals surface area contributed by atoms with Gasteiger partial charge in [0.25, 0.3) is 5.91 Å². The van der Waals surface area contributed by atoms with Gasteiger partial charge in [-0.2, -0.15) is 0 Å². The molecular formula is C20H19ClN2O2S. The van der Waals surface area contributed by atoms with Gasteiger partial charge >= 0.3 is 0 Å². The van der Waals surface area contributed by atoms with Crippen LogP contribution in [0.3, 0.4) is 0 Å². The molecule has 0 saturated heterocycles. The molecule has 3 aromatic rings. The van der Waals surface area contributed by atoms with Gasteiger partial charge in [0.15, 0.2) is 0 Å². The molecule has 6 heteroatoms. The van der Waals surface area contributed by atoms with E-state index in [0.717, 1.165) is 31.7 Å². The molecule has 2 heterocycles. The lowest BCUT2D eigenvalue weighted by Gasteiger charge is -2.14. The number of thiophene rings is 1. The molecule has 134 valence electrons. The third kappa shape index (κ3) is 4.62. The van der Waals surface area contributed by atoms with E-state index in [9.17, 15) is 4.79 Å². The Morgan fingerprint density at radius 2 is 2.00 bits per heavy atom. The van der Waals surface area contributed by atoms with Crippen molar-refractivity contribution in [2.45, 2.75) is 27.0 Å². The van der Waals surface area contributed by atoms with Gasteiger partial charge in [0.2, 0.25) is 0 Å². The Balaban J connectivity index is 1.66. The van der Waals surface area contributed by atoms with E-state index in [2.05, 4.69) is 10.3 Å². The van der Waals surface area contributed by atoms with Crippen LogP contribution >= 0.6 is 22.9 Å². The number of amides is 1. The van der Waals surface area contributed by atoms with Crippen molar-refractivity contribution in [3.8, 4) is 5.75 Å². The molecular weight excluding hydrogens is 368 g/mol. The summed E-state index contributed by atoms with van der Waals surface area (Å²) in [5, 5.41) is 2.92. The zero-order chi connectivity index (χ0) is 18.5. The molecule has 0 radical (unpaired) electrons. The summed E-state index contributed by atoms with van der Waals surface area (Å²) in [6, 6.07) is 11.3. The van der Waals surface area contributed by atoms with Gasteiger partial charge < -0.3 is 10.1 Å². The SMILES string of the molecule is Cc1cc(C(=O)NCc2ccc(Cl)s2)cc(C)c1OCc1cccnc1. The number of hydrogen-bond acceptors (Lipinski definition) is 4. The van der Waals surface area contributed by atoms with Crippen LogP contribution < -0.4 is 10.1 Å². The number of aromatic nitrogens is 1. The van der Waals surface area contributed by atoms with Crippen molar-refractivity contribution >= 4 is 28.8 Å². The van der Waals surface area contributed by atoms with E-state index in [0.29, 0.717) is 18.7 Å². The van der Waals surface area contributed by atoms with E-state index in [-0.39, 0.29) is 5.91 Å². The maximum Gasteiger partial charge on any atom is 0.251 e. The Labute approximate surface area is 161 Å². The van der Waals surface area contributed by atoms with Crippen LogP contribution in [0.5, 0.6) is 5.75 Å². The van der Waals surface area contributed by atoms with Crippen LogP contribution in [0.2, 0.25) is 4.34 Å². The maximum atomic E-state index is 12.4. The van der Waals surface area contributed by atoms with Gasteiger partial charge in [-0.05, 0) is 55.3 Å². The molecule has 0 saturated carbocycles. The number of halogens is 1. The van der Waals surface area contributed by atoms with Gasteiger partial charge in [0.05, 0.1) is 10.9 Å². The number of nitrogens with one attached hydrogen (secondary N) is 1. The number of benzene rings is 1. The smallest absolute Gasteiger partial charge is 0.251 e. The minimum Gasteiger partial charge on any atom is -0.488 e. The second-order valence-corrected chi connectivity index (χ2v) is 7.78. The monoisotopic (exact) mass is 386 g/mol. The number of carbonyl (C=O) groups excluding carboxylic acids is 1. The summed E-state index contributed by atoms with van der Waals surface area (Å²) in [4.78, 5) is 17.5. The Kier molecular flexibility index (Phi) is 5.91. The van der Waals surface area contributed by atoms with E-state index in [4.69, 9.17) is 16.3 Å². The van der Waals surface area contributed by atoms with Gasteiger partial charge in [0.1, 0.15) is 12.4 Å². The number of pyridine rings is 1. The summed E-state index contributed by atoms with van der Waals surface area (Å²) in [7, 11) is 0. The highest BCUT2D eigenvalue weighted by molar-refractivity contribution is 7.16. The third-order valence-electron chi connectivity index (χ3n) is 3.88. The molecule has 0 aliphatic carbocycles. The van der Waals surface area contributed by atoms with E-state index in [1.807, 2.05) is 50.2 Å². The summed E-state index contributed by atoms with van der Waals surface area (Å²) in [6.45, 7) is 4.80. The van der Waals surface area contributed by atoms with Crippen LogP contribution in [-0.2, 0) is 13.2 Å². The minimum absolute atomic E-state index is 0.112. The fourth-order valence-electron chi connectivity index (χ4n) is 2.66. The molecule has 2 aromatic heterocycles. The molecule has 0 unspecified atom stereocenters. The summed E-state index contributed by atoms with van der Waals surface area (Å²) in [5.41, 5.74) is 3.48. The highest BCUT2D eigenvalue weighted by Crippen LogP contribution is 2.26. The number of aryl methyl sites for hydroxylation is 2. The summed E-state index contributed by atoms with van der Waals surface area (Å²) in [6.07, 6.45) is 3.51. The molecule has 0 atom stereocenters. The first kappa shape index (κ1) is 18.4. The van der Waals surface area contributed by atoms with Gasteiger partial charge in [-0.3, -0.25) is 9.78 Å². The van der Waals surface area contributed by atoms with Crippen molar-refractivity contribution in [3.05, 3.63) is 80.3 Å². The molecule has 0 aliphatic rings. The van der Waals surface area contributed by atoms with Crippen molar-refractivity contribution in [2.75, 3.05) is 0 Å². The summed E-state index contributed by atoms with van der Waals surface area (Å²) < 4.78 is 6.65. The normalized spacial score (nSPS) is 10.6. The molecule has 0 bridgehead atoms.